The van der Waals surface area contributed by atoms with Gasteiger partial charge < -0.3 is 9.84 Å². The van der Waals surface area contributed by atoms with Gasteiger partial charge in [-0.2, -0.15) is 4.98 Å². The van der Waals surface area contributed by atoms with Crippen LogP contribution < -0.4 is 5.32 Å². The molecule has 0 saturated heterocycles. The molecule has 2 unspecified atom stereocenters. The Morgan fingerprint density at radius 2 is 1.92 bits per heavy atom. The Labute approximate surface area is 146 Å². The molecule has 0 spiro atoms. The first-order valence-corrected chi connectivity index (χ1v) is 8.45. The molecule has 0 bridgehead atoms. The summed E-state index contributed by atoms with van der Waals surface area (Å²) in [5.74, 6) is 0.820. The monoisotopic (exact) mass is 333 g/mol. The second kappa shape index (κ2) is 6.51. The van der Waals surface area contributed by atoms with Gasteiger partial charge in [0.25, 0.3) is 5.89 Å². The molecule has 0 fully saturated rings. The maximum Gasteiger partial charge on any atom is 0.253 e. The summed E-state index contributed by atoms with van der Waals surface area (Å²) in [5, 5.41) is 6.98. The van der Waals surface area contributed by atoms with Crippen molar-refractivity contribution in [2.45, 2.75) is 31.7 Å². The maximum absolute atomic E-state index is 13.0. The summed E-state index contributed by atoms with van der Waals surface area (Å²) in [4.78, 5) is 17.3. The van der Waals surface area contributed by atoms with Crippen LogP contribution in [0.2, 0.25) is 0 Å². The van der Waals surface area contributed by atoms with Crippen molar-refractivity contribution in [1.82, 2.24) is 15.5 Å². The Bertz CT molecular complexity index is 889. The molecule has 25 heavy (non-hydrogen) atoms. The molecule has 126 valence electrons. The Morgan fingerprint density at radius 1 is 1.16 bits per heavy atom. The van der Waals surface area contributed by atoms with Crippen molar-refractivity contribution in [3.63, 3.8) is 0 Å². The van der Waals surface area contributed by atoms with E-state index in [0.29, 0.717) is 11.7 Å². The highest BCUT2D eigenvalue weighted by atomic mass is 16.5. The van der Waals surface area contributed by atoms with E-state index in [2.05, 4.69) is 21.5 Å². The van der Waals surface area contributed by atoms with Crippen LogP contribution in [0.25, 0.3) is 0 Å². The van der Waals surface area contributed by atoms with Gasteiger partial charge >= 0.3 is 0 Å². The molecule has 0 radical (unpaired) electrons. The van der Waals surface area contributed by atoms with E-state index in [9.17, 15) is 4.79 Å². The van der Waals surface area contributed by atoms with E-state index in [1.807, 2.05) is 48.5 Å². The Morgan fingerprint density at radius 3 is 2.68 bits per heavy atom. The largest absolute Gasteiger partial charge is 0.340 e. The fourth-order valence-electron chi connectivity index (χ4n) is 3.44. The van der Waals surface area contributed by atoms with E-state index in [0.717, 1.165) is 24.0 Å². The first-order chi connectivity index (χ1) is 12.2. The van der Waals surface area contributed by atoms with Crippen LogP contribution >= 0.6 is 0 Å². The van der Waals surface area contributed by atoms with Crippen molar-refractivity contribution in [3.8, 4) is 0 Å². The van der Waals surface area contributed by atoms with Crippen molar-refractivity contribution in [2.24, 2.45) is 0 Å². The van der Waals surface area contributed by atoms with Crippen LogP contribution in [0.15, 0.2) is 59.1 Å². The third-order valence-electron chi connectivity index (χ3n) is 4.66. The summed E-state index contributed by atoms with van der Waals surface area (Å²) in [7, 11) is 0. The lowest BCUT2D eigenvalue weighted by atomic mass is 9.99. The van der Waals surface area contributed by atoms with Crippen LogP contribution in [-0.4, -0.2) is 16.0 Å². The van der Waals surface area contributed by atoms with Crippen molar-refractivity contribution in [1.29, 1.82) is 0 Å². The van der Waals surface area contributed by atoms with Gasteiger partial charge in [0.15, 0.2) is 5.82 Å². The summed E-state index contributed by atoms with van der Waals surface area (Å²) in [6.07, 6.45) is 1.76. The topological polar surface area (TPSA) is 68.0 Å². The van der Waals surface area contributed by atoms with Gasteiger partial charge in [-0.15, -0.1) is 0 Å². The van der Waals surface area contributed by atoms with Crippen LogP contribution in [0, 0.1) is 6.92 Å². The van der Waals surface area contributed by atoms with Crippen LogP contribution in [0.5, 0.6) is 0 Å². The van der Waals surface area contributed by atoms with Crippen molar-refractivity contribution in [3.05, 3.63) is 83.0 Å². The van der Waals surface area contributed by atoms with Crippen molar-refractivity contribution < 1.29 is 9.32 Å². The number of rotatable bonds is 4. The van der Waals surface area contributed by atoms with Crippen LogP contribution in [0.3, 0.4) is 0 Å². The van der Waals surface area contributed by atoms with Gasteiger partial charge in [-0.3, -0.25) is 4.79 Å². The maximum atomic E-state index is 13.0. The molecule has 1 heterocycles. The standard InChI is InChI=1S/C20H19N3O2/c1-13-21-20(25-23-13)18(15-8-3-2-4-9-15)22-19(24)17-12-11-14-7-5-6-10-16(14)17/h2-10,17-18H,11-12H2,1H3,(H,22,24). The third kappa shape index (κ3) is 3.05. The van der Waals surface area contributed by atoms with E-state index in [1.165, 1.54) is 5.56 Å². The highest BCUT2D eigenvalue weighted by Crippen LogP contribution is 2.34. The predicted molar refractivity (Wildman–Crippen MR) is 93.0 cm³/mol. The molecule has 0 saturated carbocycles. The molecule has 2 aromatic carbocycles. The fourth-order valence-corrected chi connectivity index (χ4v) is 3.44. The van der Waals surface area contributed by atoms with Crippen LogP contribution in [0.4, 0.5) is 0 Å². The summed E-state index contributed by atoms with van der Waals surface area (Å²) < 4.78 is 5.34. The first kappa shape index (κ1) is 15.6. The van der Waals surface area contributed by atoms with Gasteiger partial charge in [0, 0.05) is 0 Å². The number of amides is 1. The average molecular weight is 333 g/mol. The summed E-state index contributed by atoms with van der Waals surface area (Å²) in [5.41, 5.74) is 3.30. The van der Waals surface area contributed by atoms with E-state index in [-0.39, 0.29) is 11.8 Å². The van der Waals surface area contributed by atoms with Gasteiger partial charge in [0.1, 0.15) is 6.04 Å². The first-order valence-electron chi connectivity index (χ1n) is 8.45. The second-order valence-electron chi connectivity index (χ2n) is 6.32. The van der Waals surface area contributed by atoms with Gasteiger partial charge in [-0.25, -0.2) is 0 Å². The van der Waals surface area contributed by atoms with Gasteiger partial charge in [-0.05, 0) is 36.5 Å². The number of nitrogens with one attached hydrogen (secondary N) is 1. The quantitative estimate of drug-likeness (QED) is 0.795. The van der Waals surface area contributed by atoms with E-state index >= 15 is 0 Å². The molecule has 1 aromatic heterocycles. The summed E-state index contributed by atoms with van der Waals surface area (Å²) in [6.45, 7) is 1.77. The molecule has 1 amide bonds. The molecule has 1 aliphatic rings. The number of hydrogen-bond acceptors (Lipinski definition) is 4. The molecule has 1 aliphatic carbocycles. The zero-order chi connectivity index (χ0) is 17.2. The molecule has 4 rings (SSSR count). The smallest absolute Gasteiger partial charge is 0.253 e. The molecule has 0 aliphatic heterocycles. The van der Waals surface area contributed by atoms with Crippen LogP contribution in [0.1, 0.15) is 46.8 Å². The number of aromatic nitrogens is 2. The summed E-state index contributed by atoms with van der Waals surface area (Å²) >= 11 is 0. The predicted octanol–water partition coefficient (Wildman–Crippen LogP) is 3.31. The molecular formula is C20H19N3O2. The molecular weight excluding hydrogens is 314 g/mol. The van der Waals surface area contributed by atoms with E-state index in [1.54, 1.807) is 6.92 Å². The molecule has 5 heteroatoms. The summed E-state index contributed by atoms with van der Waals surface area (Å²) in [6, 6.07) is 17.4. The lowest BCUT2D eigenvalue weighted by molar-refractivity contribution is -0.123. The van der Waals surface area contributed by atoms with Crippen molar-refractivity contribution in [2.75, 3.05) is 0 Å². The highest BCUT2D eigenvalue weighted by Gasteiger charge is 2.31. The lowest BCUT2D eigenvalue weighted by Crippen LogP contribution is -2.33. The molecule has 5 nitrogen and oxygen atoms in total. The van der Waals surface area contributed by atoms with Gasteiger partial charge in [0.05, 0.1) is 5.92 Å². The molecule has 1 N–H and O–H groups in total. The number of carbonyl (C=O) groups is 1. The minimum absolute atomic E-state index is 0.00495. The van der Waals surface area contributed by atoms with E-state index in [4.69, 9.17) is 4.52 Å². The van der Waals surface area contributed by atoms with Gasteiger partial charge in [-0.1, -0.05) is 59.8 Å². The number of benzene rings is 2. The normalized spacial score (nSPS) is 17.1. The zero-order valence-corrected chi connectivity index (χ0v) is 14.0. The van der Waals surface area contributed by atoms with Crippen LogP contribution in [-0.2, 0) is 11.2 Å². The number of nitrogens with zero attached hydrogens (tertiary/aromatic N) is 2. The fraction of sp³-hybridized carbons (Fsp3) is 0.250. The Kier molecular flexibility index (Phi) is 4.06. The number of carbonyl (C=O) groups excluding carboxylic acids is 1. The minimum Gasteiger partial charge on any atom is -0.340 e. The molecule has 2 atom stereocenters. The zero-order valence-electron chi connectivity index (χ0n) is 14.0. The Balaban J connectivity index is 1.62. The SMILES string of the molecule is Cc1noc(C(NC(=O)C2CCc3ccccc32)c2ccccc2)n1. The van der Waals surface area contributed by atoms with E-state index < -0.39 is 6.04 Å². The minimum atomic E-state index is -0.442. The Hall–Kier alpha value is -2.95. The average Bonchev–Trinajstić information content (AvgIpc) is 3.26. The number of fused-ring (bicyclic) bond motifs is 1. The second-order valence-corrected chi connectivity index (χ2v) is 6.32. The molecule has 3 aromatic rings. The highest BCUT2D eigenvalue weighted by molar-refractivity contribution is 5.85. The number of aryl methyl sites for hydroxylation is 2. The lowest BCUT2D eigenvalue weighted by Gasteiger charge is -2.19. The van der Waals surface area contributed by atoms with Crippen molar-refractivity contribution >= 4 is 5.91 Å². The van der Waals surface area contributed by atoms with Gasteiger partial charge in [0.2, 0.25) is 5.91 Å². The number of hydrogen-bond donors (Lipinski definition) is 1. The third-order valence-corrected chi connectivity index (χ3v) is 4.66.